The van der Waals surface area contributed by atoms with Gasteiger partial charge in [0.25, 0.3) is 0 Å². The van der Waals surface area contributed by atoms with E-state index in [0.29, 0.717) is 0 Å². The molecule has 166 valence electrons. The highest BCUT2D eigenvalue weighted by atomic mass is 31.1. The van der Waals surface area contributed by atoms with Crippen molar-refractivity contribution < 1.29 is 17.9 Å². The lowest BCUT2D eigenvalue weighted by Crippen LogP contribution is -2.12. The van der Waals surface area contributed by atoms with Gasteiger partial charge in [0.05, 0.1) is 14.2 Å². The molecular weight excluding hydrogens is 395 g/mol. The van der Waals surface area contributed by atoms with Crippen LogP contribution in [-0.4, -0.2) is 14.2 Å². The Labute approximate surface area is 182 Å². The van der Waals surface area contributed by atoms with Crippen LogP contribution in [-0.2, 0) is 17.5 Å². The summed E-state index contributed by atoms with van der Waals surface area (Å²) in [7, 11) is 2.27. The fourth-order valence-electron chi connectivity index (χ4n) is 3.43. The summed E-state index contributed by atoms with van der Waals surface area (Å²) in [5, 5.41) is 1.96. The second-order valence-corrected chi connectivity index (χ2v) is 10.5. The summed E-state index contributed by atoms with van der Waals surface area (Å²) in [6, 6.07) is 8.20. The first-order valence-corrected chi connectivity index (χ1v) is 12.1. The summed E-state index contributed by atoms with van der Waals surface area (Å²) >= 11 is 0. The Balaban J connectivity index is 0.00000155. The van der Waals surface area contributed by atoms with Crippen LogP contribution < -0.4 is 9.47 Å². The maximum absolute atomic E-state index is 6.38. The molecule has 0 spiro atoms. The van der Waals surface area contributed by atoms with Crippen molar-refractivity contribution in [3.05, 3.63) is 35.4 Å². The molecular formula is C25H37O4P. The van der Waals surface area contributed by atoms with E-state index in [1.807, 2.05) is 32.6 Å². The molecule has 30 heavy (non-hydrogen) atoms. The van der Waals surface area contributed by atoms with Crippen molar-refractivity contribution >= 4 is 30.0 Å². The average Bonchev–Trinajstić information content (AvgIpc) is 2.81. The molecule has 1 aromatic heterocycles. The van der Waals surface area contributed by atoms with E-state index in [-0.39, 0.29) is 10.8 Å². The molecule has 0 saturated heterocycles. The summed E-state index contributed by atoms with van der Waals surface area (Å²) < 4.78 is 24.0. The van der Waals surface area contributed by atoms with Crippen LogP contribution in [0, 0.1) is 0 Å². The summed E-state index contributed by atoms with van der Waals surface area (Å²) in [6.07, 6.45) is 0. The van der Waals surface area contributed by atoms with Crippen molar-refractivity contribution in [3.8, 4) is 11.5 Å². The minimum Gasteiger partial charge on any atom is -0.497 e. The first-order chi connectivity index (χ1) is 14.0. The van der Waals surface area contributed by atoms with E-state index in [4.69, 9.17) is 17.9 Å². The lowest BCUT2D eigenvalue weighted by molar-refractivity contribution is 0.413. The third kappa shape index (κ3) is 4.81. The van der Waals surface area contributed by atoms with Crippen LogP contribution in [0.3, 0.4) is 0 Å². The predicted octanol–water partition coefficient (Wildman–Crippen LogP) is 8.47. The monoisotopic (exact) mass is 432 g/mol. The summed E-state index contributed by atoms with van der Waals surface area (Å²) in [5.41, 5.74) is 3.74. The van der Waals surface area contributed by atoms with Crippen molar-refractivity contribution in [3.63, 3.8) is 0 Å². The number of benzene rings is 2. The zero-order chi connectivity index (χ0) is 22.9. The fraction of sp³-hybridized carbons (Fsp3) is 0.520. The maximum Gasteiger partial charge on any atom is 0.213 e. The molecule has 3 rings (SSSR count). The van der Waals surface area contributed by atoms with E-state index >= 15 is 0 Å². The van der Waals surface area contributed by atoms with Gasteiger partial charge in [0.1, 0.15) is 22.7 Å². The number of methoxy groups -OCH3 is 2. The highest BCUT2D eigenvalue weighted by molar-refractivity contribution is 7.35. The van der Waals surface area contributed by atoms with Gasteiger partial charge in [-0.25, -0.2) is 0 Å². The van der Waals surface area contributed by atoms with Crippen molar-refractivity contribution in [2.24, 2.45) is 6.66 Å². The molecule has 2 aromatic carbocycles. The fourth-order valence-corrected chi connectivity index (χ4v) is 4.37. The molecule has 3 aromatic rings. The van der Waals surface area contributed by atoms with Crippen LogP contribution in [0.4, 0.5) is 0 Å². The molecule has 0 amide bonds. The quantitative estimate of drug-likeness (QED) is 0.407. The minimum absolute atomic E-state index is 0.106. The average molecular weight is 433 g/mol. The van der Waals surface area contributed by atoms with Gasteiger partial charge in [0.2, 0.25) is 8.01 Å². The van der Waals surface area contributed by atoms with Gasteiger partial charge >= 0.3 is 0 Å². The zero-order valence-electron chi connectivity index (χ0n) is 20.4. The van der Waals surface area contributed by atoms with Crippen molar-refractivity contribution in [1.82, 2.24) is 0 Å². The third-order valence-electron chi connectivity index (χ3n) is 4.94. The number of hydrogen-bond acceptors (Lipinski definition) is 4. The van der Waals surface area contributed by atoms with Gasteiger partial charge in [0.15, 0.2) is 0 Å². The number of ether oxygens (including phenoxy) is 2. The van der Waals surface area contributed by atoms with Gasteiger partial charge in [-0.3, -0.25) is 0 Å². The molecule has 0 fully saturated rings. The molecule has 0 N–H and O–H groups in total. The Morgan fingerprint density at radius 2 is 1.00 bits per heavy atom. The van der Waals surface area contributed by atoms with Crippen LogP contribution >= 0.6 is 8.01 Å². The second kappa shape index (κ2) is 8.98. The van der Waals surface area contributed by atoms with Crippen molar-refractivity contribution in [2.45, 2.75) is 66.2 Å². The molecule has 0 bridgehead atoms. The number of hydrogen-bond donors (Lipinski definition) is 0. The predicted molar refractivity (Wildman–Crippen MR) is 129 cm³/mol. The smallest absolute Gasteiger partial charge is 0.213 e. The number of rotatable bonds is 2. The number of aryl methyl sites for hydroxylation is 1. The van der Waals surface area contributed by atoms with Crippen LogP contribution in [0.15, 0.2) is 32.7 Å². The van der Waals surface area contributed by atoms with Gasteiger partial charge in [-0.2, -0.15) is 0 Å². The first-order valence-electron chi connectivity index (χ1n) is 10.5. The Hall–Kier alpha value is -2.06. The van der Waals surface area contributed by atoms with E-state index in [0.717, 1.165) is 44.6 Å². The van der Waals surface area contributed by atoms with Crippen LogP contribution in [0.25, 0.3) is 21.9 Å². The highest BCUT2D eigenvalue weighted by Gasteiger charge is 2.25. The van der Waals surface area contributed by atoms with E-state index in [1.165, 1.54) is 0 Å². The Bertz CT molecular complexity index is 982. The Kier molecular flexibility index (Phi) is 7.24. The third-order valence-corrected chi connectivity index (χ3v) is 5.82. The normalized spacial score (nSPS) is 11.8. The van der Waals surface area contributed by atoms with Gasteiger partial charge in [-0.15, -0.1) is 0 Å². The molecule has 0 unspecified atom stereocenters. The molecule has 1 heterocycles. The van der Waals surface area contributed by atoms with Crippen LogP contribution in [0.1, 0.15) is 66.5 Å². The van der Waals surface area contributed by atoms with E-state index in [1.54, 1.807) is 14.2 Å². The zero-order valence-corrected chi connectivity index (χ0v) is 21.3. The summed E-state index contributed by atoms with van der Waals surface area (Å²) in [4.78, 5) is 0. The molecule has 0 radical (unpaired) electrons. The SMILES string of the molecule is CC.COc1cc(C(C)(C)C)c2op(C)oc3c(C(C)(C)C)cc(OC)cc3c2c1. The largest absolute Gasteiger partial charge is 0.497 e. The molecule has 5 heteroatoms. The van der Waals surface area contributed by atoms with Gasteiger partial charge in [-0.05, 0) is 35.1 Å². The summed E-state index contributed by atoms with van der Waals surface area (Å²) in [6.45, 7) is 19.1. The Morgan fingerprint density at radius 1 is 0.667 bits per heavy atom. The van der Waals surface area contributed by atoms with E-state index < -0.39 is 8.01 Å². The number of fused-ring (bicyclic) bond motifs is 3. The second-order valence-electron chi connectivity index (χ2n) is 9.23. The molecule has 0 aliphatic heterocycles. The lowest BCUT2D eigenvalue weighted by atomic mass is 9.84. The van der Waals surface area contributed by atoms with Crippen molar-refractivity contribution in [1.29, 1.82) is 0 Å². The van der Waals surface area contributed by atoms with E-state index in [2.05, 4.69) is 53.7 Å². The van der Waals surface area contributed by atoms with Gasteiger partial charge in [0, 0.05) is 28.6 Å². The summed E-state index contributed by atoms with van der Waals surface area (Å²) in [5.74, 6) is 1.61. The van der Waals surface area contributed by atoms with Gasteiger partial charge < -0.3 is 17.9 Å². The molecule has 0 saturated carbocycles. The van der Waals surface area contributed by atoms with E-state index in [9.17, 15) is 0 Å². The molecule has 4 nitrogen and oxygen atoms in total. The standard InChI is InChI=1S/C23H31O4P.C2H6/c1-22(2,3)18-12-14(24-7)10-16-17-11-15(25-8)13-19(23(4,5)6)21(17)27-28(9)26-20(16)18;1-2/h10-13H,1-9H3;1-2H3. The van der Waals surface area contributed by atoms with Gasteiger partial charge in [-0.1, -0.05) is 55.4 Å². The van der Waals surface area contributed by atoms with Crippen LogP contribution in [0.5, 0.6) is 11.5 Å². The molecule has 0 aliphatic rings. The Morgan fingerprint density at radius 3 is 1.27 bits per heavy atom. The van der Waals surface area contributed by atoms with Crippen molar-refractivity contribution in [2.75, 3.05) is 14.2 Å². The maximum atomic E-state index is 6.38. The first kappa shape index (κ1) is 24.2. The van der Waals surface area contributed by atoms with Crippen LogP contribution in [0.2, 0.25) is 0 Å². The minimum atomic E-state index is -1.13. The molecule has 0 aliphatic carbocycles. The topological polar surface area (TPSA) is 44.7 Å². The highest BCUT2D eigenvalue weighted by Crippen LogP contribution is 2.44. The molecule has 0 atom stereocenters. The lowest BCUT2D eigenvalue weighted by Gasteiger charge is -2.21.